The van der Waals surface area contributed by atoms with Gasteiger partial charge in [0, 0.05) is 76.4 Å². The minimum absolute atomic E-state index is 0.302. The maximum Gasteiger partial charge on any atom is 0.340 e. The summed E-state index contributed by atoms with van der Waals surface area (Å²) < 4.78 is 11.1. The summed E-state index contributed by atoms with van der Waals surface area (Å²) in [6, 6.07) is 18.7. The summed E-state index contributed by atoms with van der Waals surface area (Å²) in [4.78, 5) is 17.9. The summed E-state index contributed by atoms with van der Waals surface area (Å²) >= 11 is 0. The molecule has 0 fully saturated rings. The average Bonchev–Trinajstić information content (AvgIpc) is 3.61. The molecule has 2 aromatic carbocycles. The zero-order valence-electron chi connectivity index (χ0n) is 22.3. The third-order valence-electron chi connectivity index (χ3n) is 8.10. The van der Waals surface area contributed by atoms with Crippen LogP contribution >= 0.6 is 0 Å². The van der Waals surface area contributed by atoms with Crippen molar-refractivity contribution in [2.75, 3.05) is 0 Å². The summed E-state index contributed by atoms with van der Waals surface area (Å²) in [5, 5.41) is 2.20. The summed E-state index contributed by atoms with van der Waals surface area (Å²) in [7, 11) is 0. The van der Waals surface area contributed by atoms with Crippen molar-refractivity contribution in [3.05, 3.63) is 102 Å². The number of esters is 1. The summed E-state index contributed by atoms with van der Waals surface area (Å²) in [5.41, 5.74) is 4.60. The van der Waals surface area contributed by atoms with Crippen molar-refractivity contribution in [3.63, 3.8) is 0 Å². The van der Waals surface area contributed by atoms with Gasteiger partial charge in [-0.1, -0.05) is 75.4 Å². The van der Waals surface area contributed by atoms with Gasteiger partial charge in [-0.15, -0.1) is 0 Å². The van der Waals surface area contributed by atoms with Gasteiger partial charge in [-0.05, 0) is 31.5 Å². The van der Waals surface area contributed by atoms with Crippen LogP contribution in [0.2, 0.25) is 0 Å². The zero-order chi connectivity index (χ0) is 26.1. The number of aromatic nitrogens is 3. The van der Waals surface area contributed by atoms with E-state index in [1.54, 1.807) is 12.3 Å². The molecule has 194 valence electrons. The van der Waals surface area contributed by atoms with Crippen LogP contribution in [-0.4, -0.2) is 20.1 Å². The minimum atomic E-state index is -1.08. The highest BCUT2D eigenvalue weighted by Gasteiger charge is 2.51. The molecule has 5 nitrogen and oxygen atoms in total. The molecule has 0 amide bonds. The number of benzene rings is 2. The number of aryl methyl sites for hydroxylation is 2. The minimum Gasteiger partial charge on any atom is -0.440 e. The molecule has 1 atom stereocenters. The van der Waals surface area contributed by atoms with E-state index in [0.717, 1.165) is 52.5 Å². The molecule has 1 aliphatic rings. The van der Waals surface area contributed by atoms with Crippen molar-refractivity contribution in [1.82, 2.24) is 14.1 Å². The lowest BCUT2D eigenvalue weighted by Crippen LogP contribution is -2.29. The fourth-order valence-corrected chi connectivity index (χ4v) is 6.21. The molecule has 5 aromatic rings. The maximum absolute atomic E-state index is 13.4. The van der Waals surface area contributed by atoms with Crippen LogP contribution < -0.4 is 0 Å². The number of unbranched alkanes of at least 4 members (excludes halogenated alkanes) is 5. The third kappa shape index (κ3) is 3.84. The van der Waals surface area contributed by atoms with Gasteiger partial charge in [0.1, 0.15) is 0 Å². The Kier molecular flexibility index (Phi) is 6.52. The molecule has 1 unspecified atom stereocenters. The molecule has 0 saturated carbocycles. The number of hydrogen-bond acceptors (Lipinski definition) is 3. The molecule has 38 heavy (non-hydrogen) atoms. The van der Waals surface area contributed by atoms with Crippen LogP contribution in [0.25, 0.3) is 21.8 Å². The second-order valence-corrected chi connectivity index (χ2v) is 10.4. The van der Waals surface area contributed by atoms with Crippen LogP contribution in [-0.2, 0) is 23.4 Å². The Hall–Kier alpha value is -3.86. The number of pyridine rings is 1. The largest absolute Gasteiger partial charge is 0.440 e. The van der Waals surface area contributed by atoms with Crippen molar-refractivity contribution in [2.45, 2.75) is 71.1 Å². The van der Waals surface area contributed by atoms with E-state index in [0.29, 0.717) is 5.56 Å². The number of nitrogens with zero attached hydrogens (tertiary/aromatic N) is 3. The Labute approximate surface area is 224 Å². The van der Waals surface area contributed by atoms with E-state index < -0.39 is 5.60 Å². The molecule has 3 aromatic heterocycles. The lowest BCUT2D eigenvalue weighted by Gasteiger charge is -2.29. The number of carbonyl (C=O) groups excluding carboxylic acids is 1. The van der Waals surface area contributed by atoms with Crippen molar-refractivity contribution in [1.29, 1.82) is 0 Å². The SMILES string of the molecule is CCCCCCCCn1cc(C2(c3cn(CC)c4ccccc34)OC(=O)c3ccncc32)c2ccccc21. The van der Waals surface area contributed by atoms with Gasteiger partial charge in [-0.25, -0.2) is 4.79 Å². The Morgan fingerprint density at radius 2 is 1.39 bits per heavy atom. The molecular formula is C33H35N3O2. The molecule has 0 saturated heterocycles. The summed E-state index contributed by atoms with van der Waals surface area (Å²) in [6.45, 7) is 6.16. The van der Waals surface area contributed by atoms with Gasteiger partial charge in [0.15, 0.2) is 5.60 Å². The first-order valence-electron chi connectivity index (χ1n) is 14.0. The van der Waals surface area contributed by atoms with Crippen molar-refractivity contribution in [2.24, 2.45) is 0 Å². The molecule has 5 heteroatoms. The second-order valence-electron chi connectivity index (χ2n) is 10.4. The molecule has 4 heterocycles. The third-order valence-corrected chi connectivity index (χ3v) is 8.10. The van der Waals surface area contributed by atoms with Crippen LogP contribution in [0.5, 0.6) is 0 Å². The highest BCUT2D eigenvalue weighted by molar-refractivity contribution is 6.00. The first kappa shape index (κ1) is 24.5. The van der Waals surface area contributed by atoms with E-state index in [4.69, 9.17) is 4.74 Å². The zero-order valence-corrected chi connectivity index (χ0v) is 22.3. The second kappa shape index (κ2) is 10.1. The van der Waals surface area contributed by atoms with Crippen molar-refractivity contribution >= 4 is 27.8 Å². The van der Waals surface area contributed by atoms with E-state index in [9.17, 15) is 4.79 Å². The number of hydrogen-bond donors (Lipinski definition) is 0. The van der Waals surface area contributed by atoms with Crippen LogP contribution in [0.15, 0.2) is 79.4 Å². The normalized spacial score (nSPS) is 16.8. The number of para-hydroxylation sites is 2. The monoisotopic (exact) mass is 505 g/mol. The topological polar surface area (TPSA) is 49.0 Å². The molecule has 1 aliphatic heterocycles. The highest BCUT2D eigenvalue weighted by Crippen LogP contribution is 2.51. The Bertz CT molecular complexity index is 1610. The number of carbonyl (C=O) groups is 1. The van der Waals surface area contributed by atoms with Crippen LogP contribution in [0.4, 0.5) is 0 Å². The fraction of sp³-hybridized carbons (Fsp3) is 0.333. The van der Waals surface area contributed by atoms with Gasteiger partial charge in [-0.2, -0.15) is 0 Å². The number of fused-ring (bicyclic) bond motifs is 3. The van der Waals surface area contributed by atoms with Crippen LogP contribution in [0.3, 0.4) is 0 Å². The first-order valence-corrected chi connectivity index (χ1v) is 14.0. The molecule has 0 bridgehead atoms. The predicted octanol–water partition coefficient (Wildman–Crippen LogP) is 7.83. The molecule has 0 spiro atoms. The average molecular weight is 506 g/mol. The lowest BCUT2D eigenvalue weighted by molar-refractivity contribution is 0.0258. The Morgan fingerprint density at radius 1 is 0.763 bits per heavy atom. The number of ether oxygens (including phenoxy) is 1. The van der Waals surface area contributed by atoms with Gasteiger partial charge in [0.05, 0.1) is 5.56 Å². The lowest BCUT2D eigenvalue weighted by atomic mass is 9.80. The first-order chi connectivity index (χ1) is 18.7. The van der Waals surface area contributed by atoms with Gasteiger partial charge in [0.25, 0.3) is 0 Å². The summed E-state index contributed by atoms with van der Waals surface area (Å²) in [6.07, 6.45) is 15.4. The van der Waals surface area contributed by atoms with E-state index in [1.807, 2.05) is 6.20 Å². The number of cyclic esters (lactones) is 1. The summed E-state index contributed by atoms with van der Waals surface area (Å²) in [5.74, 6) is -0.302. The number of rotatable bonds is 10. The van der Waals surface area contributed by atoms with Crippen LogP contribution in [0.1, 0.15) is 79.4 Å². The smallest absolute Gasteiger partial charge is 0.340 e. The standard InChI is InChI=1S/C33H35N3O2/c1-3-5-6-7-8-13-20-36-23-29(25-15-10-12-17-31(25)36)33(27-21-34-19-18-26(27)32(37)38-33)28-22-35(4-2)30-16-11-9-14-24(28)30/h9-12,14-19,21-23H,3-8,13,20H2,1-2H3. The van der Waals surface area contributed by atoms with Crippen molar-refractivity contribution < 1.29 is 9.53 Å². The Balaban J connectivity index is 1.55. The quantitative estimate of drug-likeness (QED) is 0.143. The van der Waals surface area contributed by atoms with Gasteiger partial charge < -0.3 is 13.9 Å². The van der Waals surface area contributed by atoms with Crippen molar-refractivity contribution in [3.8, 4) is 0 Å². The van der Waals surface area contributed by atoms with Gasteiger partial charge in [0.2, 0.25) is 0 Å². The van der Waals surface area contributed by atoms with Gasteiger partial charge in [-0.3, -0.25) is 4.98 Å². The van der Waals surface area contributed by atoms with Gasteiger partial charge >= 0.3 is 5.97 Å². The molecule has 6 rings (SSSR count). The maximum atomic E-state index is 13.4. The van der Waals surface area contributed by atoms with E-state index in [-0.39, 0.29) is 5.97 Å². The molecule has 0 radical (unpaired) electrons. The van der Waals surface area contributed by atoms with E-state index in [1.165, 1.54) is 37.6 Å². The highest BCUT2D eigenvalue weighted by atomic mass is 16.6. The fourth-order valence-electron chi connectivity index (χ4n) is 6.21. The predicted molar refractivity (Wildman–Crippen MR) is 152 cm³/mol. The molecule has 0 N–H and O–H groups in total. The van der Waals surface area contributed by atoms with E-state index in [2.05, 4.69) is 88.9 Å². The molecule has 0 aliphatic carbocycles. The van der Waals surface area contributed by atoms with E-state index >= 15 is 0 Å². The Morgan fingerprint density at radius 3 is 2.11 bits per heavy atom. The molecular weight excluding hydrogens is 470 g/mol. The van der Waals surface area contributed by atoms with Crippen LogP contribution in [0, 0.1) is 0 Å².